The van der Waals surface area contributed by atoms with Gasteiger partial charge in [-0.25, -0.2) is 14.4 Å². The molecule has 1 aliphatic heterocycles. The Morgan fingerprint density at radius 1 is 0.769 bits per heavy atom. The number of rotatable bonds is 11. The van der Waals surface area contributed by atoms with Crippen LogP contribution in [0.5, 0.6) is 0 Å². The molecule has 1 unspecified atom stereocenters. The molecule has 8 heteroatoms. The zero-order chi connectivity index (χ0) is 29.0. The van der Waals surface area contributed by atoms with Crippen LogP contribution in [0.3, 0.4) is 0 Å². The Hall–Kier alpha value is -4.17. The van der Waals surface area contributed by atoms with Crippen LogP contribution >= 0.6 is 0 Å². The summed E-state index contributed by atoms with van der Waals surface area (Å²) in [6.07, 6.45) is 26.4. The number of aliphatic carboxylic acids is 1. The highest BCUT2D eigenvalue weighted by Crippen LogP contribution is 2.12. The quantitative estimate of drug-likeness (QED) is 0.193. The van der Waals surface area contributed by atoms with Gasteiger partial charge in [-0.3, -0.25) is 0 Å². The highest BCUT2D eigenvalue weighted by Gasteiger charge is 2.23. The second kappa shape index (κ2) is 19.0. The van der Waals surface area contributed by atoms with Crippen molar-refractivity contribution in [3.05, 3.63) is 107 Å². The van der Waals surface area contributed by atoms with E-state index in [9.17, 15) is 14.4 Å². The third-order valence-corrected chi connectivity index (χ3v) is 5.47. The van der Waals surface area contributed by atoms with Crippen molar-refractivity contribution in [1.29, 1.82) is 0 Å². The van der Waals surface area contributed by atoms with Crippen LogP contribution < -0.4 is 5.48 Å². The predicted octanol–water partition coefficient (Wildman–Crippen LogP) is 5.92. The number of methoxy groups -OCH3 is 1. The summed E-state index contributed by atoms with van der Waals surface area (Å²) in [4.78, 5) is 41.0. The fourth-order valence-electron chi connectivity index (χ4n) is 3.25. The number of likely N-dealkylation sites (tertiary alicyclic amines) is 1. The van der Waals surface area contributed by atoms with Crippen LogP contribution in [0.25, 0.3) is 0 Å². The van der Waals surface area contributed by atoms with Gasteiger partial charge in [-0.2, -0.15) is 5.48 Å². The first kappa shape index (κ1) is 32.9. The molecule has 1 aliphatic rings. The molecule has 210 valence electrons. The minimum atomic E-state index is -0.968. The zero-order valence-electron chi connectivity index (χ0n) is 23.4. The lowest BCUT2D eigenvalue weighted by Gasteiger charge is -2.31. The number of hydrogen-bond donors (Lipinski definition) is 2. The fraction of sp³-hybridized carbons (Fsp3) is 0.323. The number of carboxylic acid groups (broad SMARTS) is 1. The molecule has 0 aromatic heterocycles. The average Bonchev–Trinajstić information content (AvgIpc) is 2.91. The molecular formula is C31H40N2O6. The van der Waals surface area contributed by atoms with Crippen molar-refractivity contribution in [2.24, 2.45) is 0 Å². The van der Waals surface area contributed by atoms with E-state index in [0.717, 1.165) is 41.2 Å². The number of hydroxylamine groups is 1. The first-order chi connectivity index (χ1) is 18.6. The van der Waals surface area contributed by atoms with Gasteiger partial charge < -0.3 is 19.6 Å². The fourth-order valence-corrected chi connectivity index (χ4v) is 3.25. The molecule has 0 spiro atoms. The van der Waals surface area contributed by atoms with Crippen molar-refractivity contribution in [1.82, 2.24) is 10.4 Å². The molecule has 0 saturated carbocycles. The predicted molar refractivity (Wildman–Crippen MR) is 155 cm³/mol. The molecule has 0 aromatic carbocycles. The standard InChI is InChI=1S/C31H40N2O6/c1-24(13-8-15-26(3)18-20-29(34)35)11-6-7-12-25(2)14-9-16-27(4)19-21-30(36)39-32-31(37)33-22-10-17-28(23-33)38-5/h6-9,11-16,18-21,28H,10,17,22-23H2,1-5H3,(H,32,37)(H,34,35)/b7-6+,13-8+,14-9+,20-18+,21-19+,24-11+,25-12+,26-15-,27-16+. The summed E-state index contributed by atoms with van der Waals surface area (Å²) in [6, 6.07) is -0.456. The summed E-state index contributed by atoms with van der Waals surface area (Å²) in [7, 11) is 1.62. The number of ether oxygens (including phenoxy) is 1. The normalized spacial score (nSPS) is 18.3. The van der Waals surface area contributed by atoms with Crippen molar-refractivity contribution < 1.29 is 29.1 Å². The number of nitrogens with one attached hydrogen (secondary N) is 1. The Labute approximate surface area is 231 Å². The second-order valence-electron chi connectivity index (χ2n) is 9.03. The number of amides is 2. The van der Waals surface area contributed by atoms with Crippen LogP contribution in [0, 0.1) is 0 Å². The number of carbonyl (C=O) groups excluding carboxylic acids is 2. The summed E-state index contributed by atoms with van der Waals surface area (Å²) < 4.78 is 5.29. The minimum Gasteiger partial charge on any atom is -0.478 e. The van der Waals surface area contributed by atoms with Crippen LogP contribution in [0.2, 0.25) is 0 Å². The number of urea groups is 1. The van der Waals surface area contributed by atoms with Crippen LogP contribution in [0.1, 0.15) is 40.5 Å². The molecule has 0 radical (unpaired) electrons. The molecule has 39 heavy (non-hydrogen) atoms. The lowest BCUT2D eigenvalue weighted by atomic mass is 10.1. The largest absolute Gasteiger partial charge is 0.478 e. The number of allylic oxidation sites excluding steroid dienone is 16. The van der Waals surface area contributed by atoms with Crippen molar-refractivity contribution in [3.8, 4) is 0 Å². The topological polar surface area (TPSA) is 105 Å². The van der Waals surface area contributed by atoms with Crippen LogP contribution in [0.4, 0.5) is 4.79 Å². The molecule has 1 rings (SSSR count). The van der Waals surface area contributed by atoms with E-state index in [4.69, 9.17) is 14.7 Å². The molecule has 1 heterocycles. The van der Waals surface area contributed by atoms with E-state index >= 15 is 0 Å². The molecule has 1 fully saturated rings. The van der Waals surface area contributed by atoms with E-state index in [0.29, 0.717) is 13.1 Å². The van der Waals surface area contributed by atoms with Gasteiger partial charge in [-0.15, -0.1) is 0 Å². The van der Waals surface area contributed by atoms with Gasteiger partial charge in [-0.1, -0.05) is 95.2 Å². The van der Waals surface area contributed by atoms with E-state index in [1.165, 1.54) is 6.08 Å². The van der Waals surface area contributed by atoms with Crippen molar-refractivity contribution in [2.45, 2.75) is 46.6 Å². The SMILES string of the molecule is COC1CCCN(C(=O)NOC(=O)/C=C/C(C)=C/C=C/C(C)=C/C=C/C=C(C)/C=C/C=C(C)\C=C\C(=O)O)C1. The van der Waals surface area contributed by atoms with Crippen LogP contribution in [0.15, 0.2) is 107 Å². The summed E-state index contributed by atoms with van der Waals surface area (Å²) >= 11 is 0. The van der Waals surface area contributed by atoms with E-state index < -0.39 is 18.0 Å². The van der Waals surface area contributed by atoms with Crippen molar-refractivity contribution >= 4 is 18.0 Å². The van der Waals surface area contributed by atoms with Crippen molar-refractivity contribution in [3.63, 3.8) is 0 Å². The maximum absolute atomic E-state index is 12.1. The number of carbonyl (C=O) groups is 3. The highest BCUT2D eigenvalue weighted by molar-refractivity contribution is 5.84. The first-order valence-electron chi connectivity index (χ1n) is 12.7. The zero-order valence-corrected chi connectivity index (χ0v) is 23.4. The minimum absolute atomic E-state index is 0.000441. The number of piperidine rings is 1. The van der Waals surface area contributed by atoms with Gasteiger partial charge in [0.05, 0.1) is 6.10 Å². The van der Waals surface area contributed by atoms with Gasteiger partial charge in [0.15, 0.2) is 0 Å². The Balaban J connectivity index is 2.47. The summed E-state index contributed by atoms with van der Waals surface area (Å²) in [5.41, 5.74) is 5.96. The molecule has 1 atom stereocenters. The number of hydrogen-bond acceptors (Lipinski definition) is 5. The molecule has 0 aromatic rings. The Bertz CT molecular complexity index is 1120. The number of nitrogens with zero attached hydrogens (tertiary/aromatic N) is 1. The molecular weight excluding hydrogens is 496 g/mol. The first-order valence-corrected chi connectivity index (χ1v) is 12.7. The molecule has 2 N–H and O–H groups in total. The Morgan fingerprint density at radius 3 is 1.82 bits per heavy atom. The highest BCUT2D eigenvalue weighted by atomic mass is 16.7. The Morgan fingerprint density at radius 2 is 1.28 bits per heavy atom. The lowest BCUT2D eigenvalue weighted by Crippen LogP contribution is -2.47. The van der Waals surface area contributed by atoms with Crippen LogP contribution in [-0.2, 0) is 19.2 Å². The molecule has 8 nitrogen and oxygen atoms in total. The second-order valence-corrected chi connectivity index (χ2v) is 9.03. The van der Waals surface area contributed by atoms with Gasteiger partial charge in [0.25, 0.3) is 0 Å². The Kier molecular flexibility index (Phi) is 16.0. The molecule has 0 aliphatic carbocycles. The maximum atomic E-state index is 12.1. The third-order valence-electron chi connectivity index (χ3n) is 5.47. The summed E-state index contributed by atoms with van der Waals surface area (Å²) in [5, 5.41) is 8.63. The molecule has 1 saturated heterocycles. The van der Waals surface area contributed by atoms with Crippen LogP contribution in [-0.4, -0.2) is 54.3 Å². The van der Waals surface area contributed by atoms with Gasteiger partial charge >= 0.3 is 18.0 Å². The van der Waals surface area contributed by atoms with E-state index in [2.05, 4.69) is 5.48 Å². The van der Waals surface area contributed by atoms with Gasteiger partial charge in [0.1, 0.15) is 0 Å². The average molecular weight is 537 g/mol. The number of carboxylic acids is 1. The van der Waals surface area contributed by atoms with Gasteiger partial charge in [0, 0.05) is 32.4 Å². The monoisotopic (exact) mass is 536 g/mol. The van der Waals surface area contributed by atoms with Crippen molar-refractivity contribution in [2.75, 3.05) is 20.2 Å². The maximum Gasteiger partial charge on any atom is 0.355 e. The van der Waals surface area contributed by atoms with Gasteiger partial charge in [-0.05, 0) is 40.5 Å². The van der Waals surface area contributed by atoms with E-state index in [-0.39, 0.29) is 6.10 Å². The summed E-state index contributed by atoms with van der Waals surface area (Å²) in [5.74, 6) is -1.63. The molecule has 2 amide bonds. The smallest absolute Gasteiger partial charge is 0.355 e. The van der Waals surface area contributed by atoms with Gasteiger partial charge in [0.2, 0.25) is 0 Å². The van der Waals surface area contributed by atoms with E-state index in [1.54, 1.807) is 24.2 Å². The van der Waals surface area contributed by atoms with E-state index in [1.807, 2.05) is 88.5 Å². The summed E-state index contributed by atoms with van der Waals surface area (Å²) in [6.45, 7) is 8.70. The lowest BCUT2D eigenvalue weighted by molar-refractivity contribution is -0.143. The molecule has 0 bridgehead atoms. The third kappa shape index (κ3) is 16.3.